The number of carbonyl (C=O) groups is 1. The number of carboxylic acid groups (broad SMARTS) is 1. The average Bonchev–Trinajstić information content (AvgIpc) is 3.59. The first kappa shape index (κ1) is 24.2. The highest BCUT2D eigenvalue weighted by Gasteiger charge is 2.33. The Morgan fingerprint density at radius 2 is 1.94 bits per heavy atom. The molecule has 0 bridgehead atoms. The molecule has 3 aromatic rings. The van der Waals surface area contributed by atoms with Crippen molar-refractivity contribution in [1.82, 2.24) is 9.97 Å². The summed E-state index contributed by atoms with van der Waals surface area (Å²) in [7, 11) is 0. The van der Waals surface area contributed by atoms with Gasteiger partial charge in [-0.05, 0) is 87.1 Å². The largest absolute Gasteiger partial charge is 0.487 e. The molecule has 1 aromatic heterocycles. The number of aromatic nitrogens is 2. The van der Waals surface area contributed by atoms with Crippen molar-refractivity contribution in [2.24, 2.45) is 5.92 Å². The average molecular weight is 491 g/mol. The molecular weight excluding hydrogens is 459 g/mol. The second kappa shape index (κ2) is 10.6. The minimum atomic E-state index is -0.784. The van der Waals surface area contributed by atoms with Crippen molar-refractivity contribution >= 4 is 5.97 Å². The second-order valence-corrected chi connectivity index (χ2v) is 9.93. The monoisotopic (exact) mass is 490 g/mol. The van der Waals surface area contributed by atoms with Crippen molar-refractivity contribution in [3.05, 3.63) is 71.3 Å². The van der Waals surface area contributed by atoms with Gasteiger partial charge in [-0.25, -0.2) is 14.4 Å². The van der Waals surface area contributed by atoms with Crippen LogP contribution < -0.4 is 9.47 Å². The molecule has 1 N–H and O–H groups in total. The van der Waals surface area contributed by atoms with Gasteiger partial charge in [0.2, 0.25) is 5.88 Å². The van der Waals surface area contributed by atoms with Gasteiger partial charge in [-0.1, -0.05) is 23.8 Å². The molecule has 0 amide bonds. The Kier molecular flexibility index (Phi) is 7.16. The lowest BCUT2D eigenvalue weighted by Gasteiger charge is -2.17. The lowest BCUT2D eigenvalue weighted by Crippen LogP contribution is -2.14. The van der Waals surface area contributed by atoms with Gasteiger partial charge >= 0.3 is 5.97 Å². The summed E-state index contributed by atoms with van der Waals surface area (Å²) < 4.78 is 26.9. The molecule has 188 valence electrons. The Morgan fingerprint density at radius 3 is 2.69 bits per heavy atom. The van der Waals surface area contributed by atoms with E-state index in [0.717, 1.165) is 49.7 Å². The maximum atomic E-state index is 14.7. The molecule has 6 nitrogen and oxygen atoms in total. The lowest BCUT2D eigenvalue weighted by atomic mass is 9.91. The van der Waals surface area contributed by atoms with Crippen molar-refractivity contribution in [3.8, 4) is 22.9 Å². The molecule has 0 saturated heterocycles. The van der Waals surface area contributed by atoms with Gasteiger partial charge < -0.3 is 14.6 Å². The molecule has 0 spiro atoms. The van der Waals surface area contributed by atoms with E-state index in [1.807, 2.05) is 31.2 Å². The number of rotatable bonds is 10. The normalized spacial score (nSPS) is 16.6. The lowest BCUT2D eigenvalue weighted by molar-refractivity contribution is -0.137. The molecular formula is C29H31FN2O4. The van der Waals surface area contributed by atoms with Crippen LogP contribution in [0.5, 0.6) is 11.6 Å². The minimum Gasteiger partial charge on any atom is -0.487 e. The third-order valence-electron chi connectivity index (χ3n) is 7.01. The maximum absolute atomic E-state index is 14.7. The van der Waals surface area contributed by atoms with E-state index in [9.17, 15) is 14.3 Å². The quantitative estimate of drug-likeness (QED) is 0.351. The number of aliphatic carboxylic acids is 1. The van der Waals surface area contributed by atoms with Gasteiger partial charge in [0.15, 0.2) is 0 Å². The Balaban J connectivity index is 1.36. The Hall–Kier alpha value is -3.48. The summed E-state index contributed by atoms with van der Waals surface area (Å²) in [4.78, 5) is 20.6. The molecule has 5 rings (SSSR count). The minimum absolute atomic E-state index is 0.000708. The van der Waals surface area contributed by atoms with Crippen molar-refractivity contribution in [2.45, 2.75) is 70.5 Å². The SMILES string of the molecule is Cc1ccc(F)c(-c2ncc(COc3cccc([C@@H](CC(=O)O)C4CC4)c3)nc2OC2CCCC2)c1. The highest BCUT2D eigenvalue weighted by molar-refractivity contribution is 5.68. The smallest absolute Gasteiger partial charge is 0.303 e. The first-order chi connectivity index (χ1) is 17.5. The summed E-state index contributed by atoms with van der Waals surface area (Å²) in [6.45, 7) is 2.08. The topological polar surface area (TPSA) is 81.5 Å². The van der Waals surface area contributed by atoms with Gasteiger partial charge in [0.05, 0.1) is 12.6 Å². The van der Waals surface area contributed by atoms with Gasteiger partial charge in [-0.15, -0.1) is 0 Å². The van der Waals surface area contributed by atoms with E-state index in [2.05, 4.69) is 9.97 Å². The molecule has 36 heavy (non-hydrogen) atoms. The van der Waals surface area contributed by atoms with E-state index in [1.165, 1.54) is 6.07 Å². The van der Waals surface area contributed by atoms with Crippen molar-refractivity contribution in [2.75, 3.05) is 0 Å². The number of hydrogen-bond donors (Lipinski definition) is 1. The van der Waals surface area contributed by atoms with Crippen LogP contribution in [0.15, 0.2) is 48.7 Å². The summed E-state index contributed by atoms with van der Waals surface area (Å²) in [5.41, 5.74) is 3.27. The molecule has 2 aromatic carbocycles. The van der Waals surface area contributed by atoms with Crippen LogP contribution in [0.4, 0.5) is 4.39 Å². The summed E-state index contributed by atoms with van der Waals surface area (Å²) in [6.07, 6.45) is 8.01. The van der Waals surface area contributed by atoms with E-state index in [4.69, 9.17) is 9.47 Å². The number of carboxylic acids is 1. The second-order valence-electron chi connectivity index (χ2n) is 9.93. The zero-order valence-corrected chi connectivity index (χ0v) is 20.5. The third kappa shape index (κ3) is 5.83. The van der Waals surface area contributed by atoms with Crippen LogP contribution in [0.1, 0.15) is 67.7 Å². The summed E-state index contributed by atoms with van der Waals surface area (Å²) >= 11 is 0. The predicted molar refractivity (Wildman–Crippen MR) is 134 cm³/mol. The number of halogens is 1. The highest BCUT2D eigenvalue weighted by atomic mass is 19.1. The molecule has 2 fully saturated rings. The van der Waals surface area contributed by atoms with E-state index in [0.29, 0.717) is 34.5 Å². The van der Waals surface area contributed by atoms with Crippen molar-refractivity contribution in [1.29, 1.82) is 0 Å². The summed E-state index contributed by atoms with van der Waals surface area (Å²) in [5, 5.41) is 9.33. The van der Waals surface area contributed by atoms with E-state index in [-0.39, 0.29) is 30.9 Å². The predicted octanol–water partition coefficient (Wildman–Crippen LogP) is 6.46. The van der Waals surface area contributed by atoms with Gasteiger partial charge in [-0.3, -0.25) is 4.79 Å². The zero-order chi connectivity index (χ0) is 25.1. The fourth-order valence-corrected chi connectivity index (χ4v) is 4.96. The Morgan fingerprint density at radius 1 is 1.14 bits per heavy atom. The summed E-state index contributed by atoms with van der Waals surface area (Å²) in [6, 6.07) is 12.6. The van der Waals surface area contributed by atoms with Crippen LogP contribution in [-0.2, 0) is 11.4 Å². The summed E-state index contributed by atoms with van der Waals surface area (Å²) in [5.74, 6) is 0.258. The maximum Gasteiger partial charge on any atom is 0.303 e. The highest BCUT2D eigenvalue weighted by Crippen LogP contribution is 2.45. The molecule has 0 unspecified atom stereocenters. The number of benzene rings is 2. The number of aryl methyl sites for hydroxylation is 1. The first-order valence-corrected chi connectivity index (χ1v) is 12.7. The Labute approximate surface area is 210 Å². The van der Waals surface area contributed by atoms with E-state index < -0.39 is 5.97 Å². The van der Waals surface area contributed by atoms with Gasteiger partial charge in [0, 0.05) is 5.56 Å². The number of hydrogen-bond acceptors (Lipinski definition) is 5. The first-order valence-electron chi connectivity index (χ1n) is 12.7. The standard InChI is InChI=1S/C29H31FN2O4/c1-18-9-12-26(30)25(13-18)28-29(36-22-6-2-3-7-22)32-21(16-31-28)17-35-23-8-4-5-20(14-23)24(15-27(33)34)19-10-11-19/h4-5,8-9,12-14,16,19,22,24H,2-3,6-7,10-11,15,17H2,1H3,(H,33,34)/t24-/m0/s1. The molecule has 2 saturated carbocycles. The fourth-order valence-electron chi connectivity index (χ4n) is 4.96. The van der Waals surface area contributed by atoms with Crippen LogP contribution in [0, 0.1) is 18.7 Å². The van der Waals surface area contributed by atoms with Crippen molar-refractivity contribution < 1.29 is 23.8 Å². The molecule has 7 heteroatoms. The van der Waals surface area contributed by atoms with Crippen LogP contribution >= 0.6 is 0 Å². The zero-order valence-electron chi connectivity index (χ0n) is 20.5. The van der Waals surface area contributed by atoms with Crippen LogP contribution in [0.3, 0.4) is 0 Å². The van der Waals surface area contributed by atoms with Gasteiger partial charge in [0.25, 0.3) is 0 Å². The van der Waals surface area contributed by atoms with Gasteiger partial charge in [0.1, 0.15) is 35.7 Å². The molecule has 0 aliphatic heterocycles. The molecule has 1 atom stereocenters. The van der Waals surface area contributed by atoms with Crippen LogP contribution in [0.2, 0.25) is 0 Å². The molecule has 2 aliphatic carbocycles. The van der Waals surface area contributed by atoms with E-state index in [1.54, 1.807) is 18.3 Å². The van der Waals surface area contributed by atoms with Crippen LogP contribution in [-0.4, -0.2) is 27.1 Å². The third-order valence-corrected chi connectivity index (χ3v) is 7.01. The number of ether oxygens (including phenoxy) is 2. The fraction of sp³-hybridized carbons (Fsp3) is 0.414. The Bertz CT molecular complexity index is 1240. The molecule has 0 radical (unpaired) electrons. The number of nitrogens with zero attached hydrogens (tertiary/aromatic N) is 2. The molecule has 1 heterocycles. The van der Waals surface area contributed by atoms with E-state index >= 15 is 0 Å². The van der Waals surface area contributed by atoms with Crippen LogP contribution in [0.25, 0.3) is 11.3 Å². The van der Waals surface area contributed by atoms with Crippen molar-refractivity contribution in [3.63, 3.8) is 0 Å². The van der Waals surface area contributed by atoms with Gasteiger partial charge in [-0.2, -0.15) is 0 Å². The molecule has 2 aliphatic rings.